The number of halogens is 3. The first kappa shape index (κ1) is 19.9. The molecule has 0 atom stereocenters. The number of rotatable bonds is 4. The molecule has 1 aliphatic heterocycles. The number of likely N-dealkylation sites (N-methyl/N-ethyl adjacent to an activating group) is 1. The molecule has 0 spiro atoms. The first-order valence-electron chi connectivity index (χ1n) is 8.76. The van der Waals surface area contributed by atoms with Crippen molar-refractivity contribution in [1.82, 2.24) is 9.80 Å². The predicted octanol–water partition coefficient (Wildman–Crippen LogP) is 3.23. The quantitative estimate of drug-likeness (QED) is 0.871. The van der Waals surface area contributed by atoms with Crippen molar-refractivity contribution in [3.63, 3.8) is 0 Å². The van der Waals surface area contributed by atoms with Gasteiger partial charge in [0.2, 0.25) is 5.91 Å². The first-order valence-corrected chi connectivity index (χ1v) is 8.76. The molecule has 2 aromatic rings. The number of anilines is 1. The monoisotopic (exact) mass is 391 g/mol. The molecule has 28 heavy (non-hydrogen) atoms. The van der Waals surface area contributed by atoms with Crippen molar-refractivity contribution < 1.29 is 22.8 Å². The summed E-state index contributed by atoms with van der Waals surface area (Å²) in [6.45, 7) is 1.44. The van der Waals surface area contributed by atoms with Gasteiger partial charge >= 0.3 is 6.18 Å². The molecule has 1 fully saturated rings. The molecule has 3 rings (SSSR count). The molecule has 1 saturated heterocycles. The van der Waals surface area contributed by atoms with E-state index < -0.39 is 17.6 Å². The summed E-state index contributed by atoms with van der Waals surface area (Å²) in [6.07, 6.45) is -4.54. The zero-order valence-corrected chi connectivity index (χ0v) is 15.3. The van der Waals surface area contributed by atoms with E-state index in [4.69, 9.17) is 0 Å². The molecule has 0 radical (unpaired) electrons. The minimum absolute atomic E-state index is 0.0686. The molecular formula is C20H20F3N3O2. The van der Waals surface area contributed by atoms with Crippen LogP contribution in [0, 0.1) is 0 Å². The third-order valence-electron chi connectivity index (χ3n) is 4.56. The summed E-state index contributed by atoms with van der Waals surface area (Å²) < 4.78 is 39.9. The van der Waals surface area contributed by atoms with Gasteiger partial charge in [0, 0.05) is 37.9 Å². The van der Waals surface area contributed by atoms with E-state index in [2.05, 4.69) is 5.32 Å². The Hall–Kier alpha value is -2.87. The van der Waals surface area contributed by atoms with E-state index in [9.17, 15) is 22.8 Å². The van der Waals surface area contributed by atoms with Crippen molar-refractivity contribution in [2.45, 2.75) is 12.7 Å². The number of nitrogens with zero attached hydrogens (tertiary/aromatic N) is 2. The van der Waals surface area contributed by atoms with Crippen molar-refractivity contribution in [3.8, 4) is 0 Å². The van der Waals surface area contributed by atoms with Crippen LogP contribution in [-0.4, -0.2) is 48.3 Å². The van der Waals surface area contributed by atoms with E-state index in [1.54, 1.807) is 47.2 Å². The zero-order valence-electron chi connectivity index (χ0n) is 15.3. The Labute approximate surface area is 160 Å². The van der Waals surface area contributed by atoms with Gasteiger partial charge in [-0.25, -0.2) is 0 Å². The van der Waals surface area contributed by atoms with E-state index in [1.165, 1.54) is 6.07 Å². The molecule has 1 N–H and O–H groups in total. The van der Waals surface area contributed by atoms with Crippen molar-refractivity contribution >= 4 is 17.5 Å². The fourth-order valence-corrected chi connectivity index (χ4v) is 3.01. The Morgan fingerprint density at radius 3 is 2.46 bits per heavy atom. The fourth-order valence-electron chi connectivity index (χ4n) is 3.01. The van der Waals surface area contributed by atoms with Crippen LogP contribution in [-0.2, 0) is 17.5 Å². The summed E-state index contributed by atoms with van der Waals surface area (Å²) in [5.41, 5.74) is -0.0328. The Morgan fingerprint density at radius 1 is 1.11 bits per heavy atom. The van der Waals surface area contributed by atoms with E-state index in [0.29, 0.717) is 24.2 Å². The van der Waals surface area contributed by atoms with Gasteiger partial charge in [-0.1, -0.05) is 18.2 Å². The summed E-state index contributed by atoms with van der Waals surface area (Å²) in [5.74, 6) is -0.559. The molecule has 148 valence electrons. The van der Waals surface area contributed by atoms with Gasteiger partial charge in [0.1, 0.15) is 0 Å². The maximum Gasteiger partial charge on any atom is 0.416 e. The van der Waals surface area contributed by atoms with Crippen LogP contribution in [0.3, 0.4) is 0 Å². The highest BCUT2D eigenvalue weighted by molar-refractivity contribution is 6.04. The first-order chi connectivity index (χ1) is 13.2. The number of alkyl halides is 3. The highest BCUT2D eigenvalue weighted by Gasteiger charge is 2.32. The van der Waals surface area contributed by atoms with Gasteiger partial charge < -0.3 is 10.2 Å². The van der Waals surface area contributed by atoms with E-state index in [-0.39, 0.29) is 24.7 Å². The standard InChI is InChI=1S/C20H20F3N3O2/c1-25-7-8-26(13-18(25)27)12-14-9-16(20(21,22)23)11-17(10-14)24-19(28)15-5-3-2-4-6-15/h2-6,9-11H,7-8,12-13H2,1H3,(H,24,28). The maximum atomic E-state index is 13.3. The SMILES string of the molecule is CN1CCN(Cc2cc(NC(=O)c3ccccc3)cc(C(F)(F)F)c2)CC1=O. The molecule has 1 heterocycles. The maximum absolute atomic E-state index is 13.3. The van der Waals surface area contributed by atoms with Crippen LogP contribution in [0.15, 0.2) is 48.5 Å². The highest BCUT2D eigenvalue weighted by Crippen LogP contribution is 2.32. The number of carbonyl (C=O) groups excluding carboxylic acids is 2. The second-order valence-electron chi connectivity index (χ2n) is 6.76. The summed E-state index contributed by atoms with van der Waals surface area (Å²) >= 11 is 0. The molecule has 0 aromatic heterocycles. The van der Waals surface area contributed by atoms with Gasteiger partial charge in [0.15, 0.2) is 0 Å². The van der Waals surface area contributed by atoms with Gasteiger partial charge in [-0.15, -0.1) is 0 Å². The Balaban J connectivity index is 1.83. The number of hydrogen-bond acceptors (Lipinski definition) is 3. The topological polar surface area (TPSA) is 52.6 Å². The molecular weight excluding hydrogens is 371 g/mol. The third kappa shape index (κ3) is 4.89. The number of benzene rings is 2. The van der Waals surface area contributed by atoms with E-state index in [1.807, 2.05) is 0 Å². The molecule has 2 amide bonds. The lowest BCUT2D eigenvalue weighted by Crippen LogP contribution is -2.47. The van der Waals surface area contributed by atoms with E-state index >= 15 is 0 Å². The second kappa shape index (κ2) is 8.02. The van der Waals surface area contributed by atoms with Crippen molar-refractivity contribution in [3.05, 3.63) is 65.2 Å². The third-order valence-corrected chi connectivity index (χ3v) is 4.56. The van der Waals surface area contributed by atoms with Crippen molar-refractivity contribution in [2.75, 3.05) is 32.0 Å². The lowest BCUT2D eigenvalue weighted by Gasteiger charge is -2.32. The molecule has 0 aliphatic carbocycles. The van der Waals surface area contributed by atoms with Gasteiger partial charge in [0.25, 0.3) is 5.91 Å². The Morgan fingerprint density at radius 2 is 1.82 bits per heavy atom. The average molecular weight is 391 g/mol. The fraction of sp³-hybridized carbons (Fsp3) is 0.300. The summed E-state index contributed by atoms with van der Waals surface area (Å²) in [6, 6.07) is 11.8. The van der Waals surface area contributed by atoms with Gasteiger partial charge in [-0.2, -0.15) is 13.2 Å². The van der Waals surface area contributed by atoms with Crippen LogP contribution in [0.1, 0.15) is 21.5 Å². The number of hydrogen-bond donors (Lipinski definition) is 1. The lowest BCUT2D eigenvalue weighted by molar-refractivity contribution is -0.138. The summed E-state index contributed by atoms with van der Waals surface area (Å²) in [4.78, 5) is 27.5. The molecule has 8 heteroatoms. The van der Waals surface area contributed by atoms with Crippen LogP contribution in [0.25, 0.3) is 0 Å². The molecule has 0 unspecified atom stereocenters. The largest absolute Gasteiger partial charge is 0.416 e. The smallest absolute Gasteiger partial charge is 0.343 e. The van der Waals surface area contributed by atoms with Crippen molar-refractivity contribution in [1.29, 1.82) is 0 Å². The lowest BCUT2D eigenvalue weighted by atomic mass is 10.1. The number of nitrogens with one attached hydrogen (secondary N) is 1. The normalized spacial score (nSPS) is 15.6. The number of carbonyl (C=O) groups is 2. The second-order valence-corrected chi connectivity index (χ2v) is 6.76. The molecule has 0 bridgehead atoms. The predicted molar refractivity (Wildman–Crippen MR) is 98.8 cm³/mol. The minimum atomic E-state index is -4.54. The average Bonchev–Trinajstić information content (AvgIpc) is 2.64. The van der Waals surface area contributed by atoms with Crippen LogP contribution < -0.4 is 5.32 Å². The highest BCUT2D eigenvalue weighted by atomic mass is 19.4. The van der Waals surface area contributed by atoms with Gasteiger partial charge in [-0.05, 0) is 35.9 Å². The molecule has 0 saturated carbocycles. The molecule has 2 aromatic carbocycles. The van der Waals surface area contributed by atoms with Crippen LogP contribution in [0.4, 0.5) is 18.9 Å². The van der Waals surface area contributed by atoms with Crippen LogP contribution in [0.2, 0.25) is 0 Å². The molecule has 1 aliphatic rings. The molecule has 5 nitrogen and oxygen atoms in total. The number of amides is 2. The van der Waals surface area contributed by atoms with Crippen LogP contribution >= 0.6 is 0 Å². The van der Waals surface area contributed by atoms with Crippen LogP contribution in [0.5, 0.6) is 0 Å². The Kier molecular flexibility index (Phi) is 5.69. The zero-order chi connectivity index (χ0) is 20.3. The summed E-state index contributed by atoms with van der Waals surface area (Å²) in [7, 11) is 1.70. The summed E-state index contributed by atoms with van der Waals surface area (Å²) in [5, 5.41) is 2.53. The van der Waals surface area contributed by atoms with E-state index in [0.717, 1.165) is 12.1 Å². The number of piperazine rings is 1. The van der Waals surface area contributed by atoms with Gasteiger partial charge in [-0.3, -0.25) is 14.5 Å². The van der Waals surface area contributed by atoms with Crippen molar-refractivity contribution in [2.24, 2.45) is 0 Å². The van der Waals surface area contributed by atoms with Gasteiger partial charge in [0.05, 0.1) is 12.1 Å². The minimum Gasteiger partial charge on any atom is -0.343 e. The Bertz CT molecular complexity index is 869.